The Hall–Kier alpha value is -2.69. The van der Waals surface area contributed by atoms with Gasteiger partial charge >= 0.3 is 5.97 Å². The number of rotatable bonds is 9. The molecular weight excluding hydrogens is 468 g/mol. The third kappa shape index (κ3) is 6.61. The highest BCUT2D eigenvalue weighted by Crippen LogP contribution is 2.30. The minimum atomic E-state index is -0.572. The molecule has 2 unspecified atom stereocenters. The van der Waals surface area contributed by atoms with Crippen molar-refractivity contribution in [3.8, 4) is 0 Å². The van der Waals surface area contributed by atoms with Gasteiger partial charge in [0.2, 0.25) is 0 Å². The van der Waals surface area contributed by atoms with E-state index in [1.165, 1.54) is 5.69 Å². The average Bonchev–Trinajstić information content (AvgIpc) is 2.94. The number of benzene rings is 2. The Kier molecular flexibility index (Phi) is 9.39. The number of ether oxygens (including phenoxy) is 1. The van der Waals surface area contributed by atoms with Crippen LogP contribution in [0.15, 0.2) is 48.5 Å². The van der Waals surface area contributed by atoms with Crippen LogP contribution in [0, 0.1) is 0 Å². The van der Waals surface area contributed by atoms with Crippen molar-refractivity contribution in [1.82, 2.24) is 15.3 Å². The summed E-state index contributed by atoms with van der Waals surface area (Å²) in [7, 11) is 4.04. The highest BCUT2D eigenvalue weighted by Gasteiger charge is 2.34. The quantitative estimate of drug-likeness (QED) is 0.267. The summed E-state index contributed by atoms with van der Waals surface area (Å²) < 4.78 is 5.48. The first kappa shape index (κ1) is 27.3. The first-order valence-corrected chi connectivity index (χ1v) is 13.3. The van der Waals surface area contributed by atoms with Crippen molar-refractivity contribution >= 4 is 17.3 Å². The van der Waals surface area contributed by atoms with Crippen LogP contribution in [0.4, 0.5) is 11.4 Å². The molecule has 0 aromatic heterocycles. The number of piperidine rings is 1. The normalized spacial score (nSPS) is 19.4. The molecule has 37 heavy (non-hydrogen) atoms. The van der Waals surface area contributed by atoms with Gasteiger partial charge in [-0.1, -0.05) is 24.3 Å². The van der Waals surface area contributed by atoms with E-state index in [1.54, 1.807) is 0 Å². The molecule has 4 N–H and O–H groups in total. The van der Waals surface area contributed by atoms with Gasteiger partial charge in [0.05, 0.1) is 6.61 Å². The molecule has 0 amide bonds. The van der Waals surface area contributed by atoms with Crippen molar-refractivity contribution in [2.45, 2.75) is 38.0 Å². The van der Waals surface area contributed by atoms with E-state index >= 15 is 0 Å². The van der Waals surface area contributed by atoms with Crippen LogP contribution in [-0.4, -0.2) is 87.0 Å². The third-order valence-electron chi connectivity index (χ3n) is 7.69. The first-order chi connectivity index (χ1) is 17.9. The number of piperazine rings is 1. The van der Waals surface area contributed by atoms with Crippen LogP contribution in [0.3, 0.4) is 0 Å². The van der Waals surface area contributed by atoms with Gasteiger partial charge in [-0.05, 0) is 55.2 Å². The Bertz CT molecular complexity index is 984. The topological polar surface area (TPSA) is 97.5 Å². The molecule has 202 valence electrons. The lowest BCUT2D eigenvalue weighted by atomic mass is 9.97. The van der Waals surface area contributed by atoms with Crippen molar-refractivity contribution < 1.29 is 14.7 Å². The van der Waals surface area contributed by atoms with Crippen LogP contribution in [0.5, 0.6) is 0 Å². The lowest BCUT2D eigenvalue weighted by Gasteiger charge is -2.44. The Morgan fingerprint density at radius 2 is 1.59 bits per heavy atom. The highest BCUT2D eigenvalue weighted by atomic mass is 16.5. The van der Waals surface area contributed by atoms with Gasteiger partial charge in [-0.25, -0.2) is 4.79 Å². The van der Waals surface area contributed by atoms with E-state index in [1.807, 2.05) is 33.2 Å². The van der Waals surface area contributed by atoms with Crippen molar-refractivity contribution in [2.24, 2.45) is 5.73 Å². The maximum absolute atomic E-state index is 13.0. The summed E-state index contributed by atoms with van der Waals surface area (Å²) in [6.45, 7) is 8.02. The van der Waals surface area contributed by atoms with E-state index in [4.69, 9.17) is 15.7 Å². The van der Waals surface area contributed by atoms with Crippen molar-refractivity contribution in [3.05, 3.63) is 59.7 Å². The second-order valence-corrected chi connectivity index (χ2v) is 10.1. The van der Waals surface area contributed by atoms with E-state index in [9.17, 15) is 4.79 Å². The minimum absolute atomic E-state index is 0.158. The van der Waals surface area contributed by atoms with E-state index in [-0.39, 0.29) is 12.0 Å². The van der Waals surface area contributed by atoms with E-state index < -0.39 is 6.17 Å². The lowest BCUT2D eigenvalue weighted by Crippen LogP contribution is -2.54. The summed E-state index contributed by atoms with van der Waals surface area (Å²) in [5.41, 5.74) is 12.1. The molecule has 4 rings (SSSR count). The van der Waals surface area contributed by atoms with Gasteiger partial charge in [0.25, 0.3) is 0 Å². The summed E-state index contributed by atoms with van der Waals surface area (Å²) >= 11 is 0. The number of nitrogens with zero attached hydrogens (tertiary/aromatic N) is 4. The number of likely N-dealkylation sites (tertiary alicyclic amines) is 1. The lowest BCUT2D eigenvalue weighted by molar-refractivity contribution is -0.150. The van der Waals surface area contributed by atoms with Gasteiger partial charge in [-0.15, -0.1) is 0 Å². The molecule has 2 fully saturated rings. The van der Waals surface area contributed by atoms with Crippen molar-refractivity contribution in [2.75, 3.05) is 69.8 Å². The summed E-state index contributed by atoms with van der Waals surface area (Å²) in [6.07, 6.45) is 1.52. The maximum Gasteiger partial charge on any atom is 0.327 e. The molecule has 2 atom stereocenters. The average molecular weight is 511 g/mol. The van der Waals surface area contributed by atoms with Crippen LogP contribution in [0.1, 0.15) is 43.1 Å². The van der Waals surface area contributed by atoms with Crippen LogP contribution in [0.2, 0.25) is 0 Å². The Morgan fingerprint density at radius 1 is 1.00 bits per heavy atom. The fraction of sp³-hybridized carbons (Fsp3) is 0.536. The zero-order chi connectivity index (χ0) is 26.4. The highest BCUT2D eigenvalue weighted by molar-refractivity contribution is 5.78. The molecular formula is C28H42N6O3. The predicted molar refractivity (Wildman–Crippen MR) is 147 cm³/mol. The number of carbonyl (C=O) groups is 1. The summed E-state index contributed by atoms with van der Waals surface area (Å²) in [5.74, 6) is -0.158. The zero-order valence-electron chi connectivity index (χ0n) is 22.3. The minimum Gasteiger partial charge on any atom is -0.465 e. The summed E-state index contributed by atoms with van der Waals surface area (Å²) in [4.78, 5) is 22.4. The van der Waals surface area contributed by atoms with Gasteiger partial charge in [-0.2, -0.15) is 5.48 Å². The third-order valence-corrected chi connectivity index (χ3v) is 7.69. The monoisotopic (exact) mass is 510 g/mol. The fourth-order valence-corrected chi connectivity index (χ4v) is 5.49. The van der Waals surface area contributed by atoms with Gasteiger partial charge in [0.1, 0.15) is 12.2 Å². The van der Waals surface area contributed by atoms with Gasteiger partial charge in [-0.3, -0.25) is 9.80 Å². The molecule has 0 spiro atoms. The van der Waals surface area contributed by atoms with Crippen LogP contribution >= 0.6 is 0 Å². The second kappa shape index (κ2) is 12.7. The number of hydrogen-bond donors (Lipinski definition) is 3. The largest absolute Gasteiger partial charge is 0.465 e. The number of anilines is 2. The van der Waals surface area contributed by atoms with Crippen LogP contribution in [-0.2, 0) is 9.53 Å². The molecule has 2 aromatic carbocycles. The zero-order valence-corrected chi connectivity index (χ0v) is 22.3. The van der Waals surface area contributed by atoms with Crippen LogP contribution in [0.25, 0.3) is 0 Å². The summed E-state index contributed by atoms with van der Waals surface area (Å²) in [6, 6.07) is 16.5. The molecule has 2 heterocycles. The van der Waals surface area contributed by atoms with Crippen molar-refractivity contribution in [1.29, 1.82) is 0 Å². The number of hydrogen-bond acceptors (Lipinski definition) is 9. The molecule has 9 nitrogen and oxygen atoms in total. The Balaban J connectivity index is 1.32. The maximum atomic E-state index is 13.0. The van der Waals surface area contributed by atoms with Gasteiger partial charge in [0, 0.05) is 70.8 Å². The smallest absolute Gasteiger partial charge is 0.327 e. The predicted octanol–water partition coefficient (Wildman–Crippen LogP) is 2.58. The number of esters is 1. The molecule has 2 aliphatic heterocycles. The second-order valence-electron chi connectivity index (χ2n) is 10.1. The van der Waals surface area contributed by atoms with Crippen LogP contribution < -0.4 is 21.0 Å². The molecule has 0 saturated carbocycles. The molecule has 9 heteroatoms. The van der Waals surface area contributed by atoms with Crippen molar-refractivity contribution in [3.63, 3.8) is 0 Å². The Morgan fingerprint density at radius 3 is 2.14 bits per heavy atom. The molecule has 2 aromatic rings. The number of nitrogens with two attached hydrogens (primary N) is 1. The molecule has 0 bridgehead atoms. The van der Waals surface area contributed by atoms with E-state index in [0.29, 0.717) is 12.6 Å². The molecule has 0 aliphatic carbocycles. The Labute approximate surface area is 220 Å². The fourth-order valence-electron chi connectivity index (χ4n) is 5.49. The van der Waals surface area contributed by atoms with Gasteiger partial charge < -0.3 is 25.5 Å². The molecule has 0 radical (unpaired) electrons. The number of carbonyl (C=O) groups excluding carboxylic acids is 1. The number of hydroxylamine groups is 1. The standard InChI is InChI=1S/C28H42N6O3/c1-4-37-28(35)26(21-5-9-23(10-6-21)31(2)3)34-15-13-25(14-16-34)33-19-17-32(18-20-33)24-11-7-22(8-12-24)27(29)30-36/h5-12,25-27,30,36H,4,13-20,29H2,1-3H3. The molecule has 2 saturated heterocycles. The summed E-state index contributed by atoms with van der Waals surface area (Å²) in [5, 5.41) is 9.02. The van der Waals surface area contributed by atoms with E-state index in [0.717, 1.165) is 68.9 Å². The van der Waals surface area contributed by atoms with E-state index in [2.05, 4.69) is 61.5 Å². The molecule has 2 aliphatic rings. The first-order valence-electron chi connectivity index (χ1n) is 13.3. The number of nitrogens with one attached hydrogen (secondary N) is 1. The van der Waals surface area contributed by atoms with Gasteiger partial charge in [0.15, 0.2) is 0 Å². The SMILES string of the molecule is CCOC(=O)C(c1ccc(N(C)C)cc1)N1CCC(N2CCN(c3ccc(C(N)NO)cc3)CC2)CC1.